The number of nitrogens with zero attached hydrogens (tertiary/aromatic N) is 3. The molecule has 1 amide bonds. The maximum atomic E-state index is 11.6. The molecule has 124 valence electrons. The van der Waals surface area contributed by atoms with Crippen LogP contribution in [0.4, 0.5) is 0 Å². The molecule has 3 rings (SSSR count). The average molecular weight is 340 g/mol. The van der Waals surface area contributed by atoms with Gasteiger partial charge in [0.25, 0.3) is 0 Å². The van der Waals surface area contributed by atoms with Gasteiger partial charge in [-0.3, -0.25) is 14.5 Å². The zero-order valence-corrected chi connectivity index (χ0v) is 14.4. The number of hydrogen-bond donors (Lipinski definition) is 1. The molecule has 0 spiro atoms. The van der Waals surface area contributed by atoms with Crippen LogP contribution in [-0.2, 0) is 11.3 Å². The van der Waals surface area contributed by atoms with Gasteiger partial charge in [0.2, 0.25) is 5.91 Å². The molecule has 0 saturated heterocycles. The zero-order valence-electron chi connectivity index (χ0n) is 13.6. The minimum atomic E-state index is 0.0901. The number of thiophene rings is 1. The summed E-state index contributed by atoms with van der Waals surface area (Å²) in [7, 11) is 0. The van der Waals surface area contributed by atoms with Gasteiger partial charge < -0.3 is 5.32 Å². The number of carbonyl (C=O) groups is 1. The highest BCUT2D eigenvalue weighted by Crippen LogP contribution is 2.33. The van der Waals surface area contributed by atoms with Crippen LogP contribution < -0.4 is 5.32 Å². The predicted octanol–water partition coefficient (Wildman–Crippen LogP) is 3.59. The Balaban J connectivity index is 1.85. The second-order valence-electron chi connectivity index (χ2n) is 5.42. The molecular weight excluding hydrogens is 320 g/mol. The topological polar surface area (TPSA) is 59.8 Å². The van der Waals surface area contributed by atoms with Crippen LogP contribution in [0.25, 0.3) is 21.8 Å². The van der Waals surface area contributed by atoms with Crippen LogP contribution in [-0.4, -0.2) is 27.2 Å². The predicted molar refractivity (Wildman–Crippen MR) is 96.7 cm³/mol. The molecule has 0 atom stereocenters. The Labute approximate surface area is 145 Å². The largest absolute Gasteiger partial charge is 0.354 e. The van der Waals surface area contributed by atoms with Crippen molar-refractivity contribution < 1.29 is 4.79 Å². The van der Waals surface area contributed by atoms with Gasteiger partial charge >= 0.3 is 0 Å². The maximum Gasteiger partial charge on any atom is 0.220 e. The first-order chi connectivity index (χ1) is 11.8. The van der Waals surface area contributed by atoms with E-state index in [-0.39, 0.29) is 5.91 Å². The van der Waals surface area contributed by atoms with Crippen molar-refractivity contribution in [3.05, 3.63) is 48.1 Å². The van der Waals surface area contributed by atoms with E-state index in [4.69, 9.17) is 0 Å². The van der Waals surface area contributed by atoms with Crippen LogP contribution in [0.2, 0.25) is 0 Å². The van der Waals surface area contributed by atoms with Crippen molar-refractivity contribution in [2.45, 2.75) is 26.3 Å². The Morgan fingerprint density at radius 3 is 2.92 bits per heavy atom. The van der Waals surface area contributed by atoms with Gasteiger partial charge in [-0.1, -0.05) is 19.1 Å². The van der Waals surface area contributed by atoms with Gasteiger partial charge in [-0.05, 0) is 30.0 Å². The molecule has 0 unspecified atom stereocenters. The van der Waals surface area contributed by atoms with Gasteiger partial charge in [-0.25, -0.2) is 0 Å². The highest BCUT2D eigenvalue weighted by molar-refractivity contribution is 7.13. The normalized spacial score (nSPS) is 10.7. The minimum Gasteiger partial charge on any atom is -0.354 e. The molecule has 3 heterocycles. The first-order valence-electron chi connectivity index (χ1n) is 8.07. The lowest BCUT2D eigenvalue weighted by atomic mass is 10.1. The first kappa shape index (κ1) is 16.4. The molecule has 0 aliphatic heterocycles. The number of aromatic nitrogens is 3. The van der Waals surface area contributed by atoms with Crippen LogP contribution >= 0.6 is 11.3 Å². The number of rotatable bonds is 7. The molecule has 0 aromatic carbocycles. The molecule has 3 aromatic heterocycles. The van der Waals surface area contributed by atoms with Crippen molar-refractivity contribution in [1.82, 2.24) is 20.1 Å². The Hall–Kier alpha value is -2.47. The number of carbonyl (C=O) groups excluding carboxylic acids is 1. The molecule has 5 nitrogen and oxygen atoms in total. The summed E-state index contributed by atoms with van der Waals surface area (Å²) in [5, 5.41) is 9.52. The van der Waals surface area contributed by atoms with Crippen LogP contribution in [0.1, 0.15) is 19.8 Å². The SMILES string of the molecule is CCCC(=O)NCCn1ncc(-c2ccccn2)c1-c1cccs1. The van der Waals surface area contributed by atoms with Crippen molar-refractivity contribution in [2.75, 3.05) is 6.54 Å². The minimum absolute atomic E-state index is 0.0901. The van der Waals surface area contributed by atoms with Crippen LogP contribution in [0.3, 0.4) is 0 Å². The first-order valence-corrected chi connectivity index (χ1v) is 8.95. The molecule has 0 fully saturated rings. The maximum absolute atomic E-state index is 11.6. The lowest BCUT2D eigenvalue weighted by molar-refractivity contribution is -0.121. The van der Waals surface area contributed by atoms with E-state index in [1.165, 1.54) is 0 Å². The van der Waals surface area contributed by atoms with Crippen molar-refractivity contribution in [3.63, 3.8) is 0 Å². The average Bonchev–Trinajstić information content (AvgIpc) is 3.25. The molecule has 3 aromatic rings. The third-order valence-electron chi connectivity index (χ3n) is 3.66. The summed E-state index contributed by atoms with van der Waals surface area (Å²) in [6.45, 7) is 3.21. The van der Waals surface area contributed by atoms with E-state index >= 15 is 0 Å². The van der Waals surface area contributed by atoms with E-state index in [2.05, 4.69) is 26.8 Å². The van der Waals surface area contributed by atoms with Crippen LogP contribution in [0, 0.1) is 0 Å². The van der Waals surface area contributed by atoms with E-state index in [0.29, 0.717) is 19.5 Å². The van der Waals surface area contributed by atoms with Crippen molar-refractivity contribution >= 4 is 17.2 Å². The van der Waals surface area contributed by atoms with E-state index in [1.54, 1.807) is 17.5 Å². The van der Waals surface area contributed by atoms with Gasteiger partial charge in [-0.15, -0.1) is 11.3 Å². The quantitative estimate of drug-likeness (QED) is 0.715. The molecule has 0 saturated carbocycles. The Kier molecular flexibility index (Phi) is 5.38. The number of pyridine rings is 1. The van der Waals surface area contributed by atoms with E-state index < -0.39 is 0 Å². The van der Waals surface area contributed by atoms with Crippen molar-refractivity contribution in [1.29, 1.82) is 0 Å². The molecule has 0 radical (unpaired) electrons. The molecule has 0 bridgehead atoms. The fraction of sp³-hybridized carbons (Fsp3) is 0.278. The monoisotopic (exact) mass is 340 g/mol. The van der Waals surface area contributed by atoms with E-state index in [1.807, 2.05) is 42.1 Å². The molecule has 0 aliphatic rings. The summed E-state index contributed by atoms with van der Waals surface area (Å²) in [6, 6.07) is 9.98. The molecule has 6 heteroatoms. The fourth-order valence-electron chi connectivity index (χ4n) is 2.55. The van der Waals surface area contributed by atoms with Crippen LogP contribution in [0.15, 0.2) is 48.1 Å². The van der Waals surface area contributed by atoms with Crippen molar-refractivity contribution in [2.24, 2.45) is 0 Å². The summed E-state index contributed by atoms with van der Waals surface area (Å²) >= 11 is 1.68. The third kappa shape index (κ3) is 3.71. The Bertz CT molecular complexity index is 781. The molecular formula is C18H20N4OS. The molecule has 0 aliphatic carbocycles. The Morgan fingerprint density at radius 2 is 2.21 bits per heavy atom. The van der Waals surface area contributed by atoms with Gasteiger partial charge in [0.15, 0.2) is 0 Å². The fourth-order valence-corrected chi connectivity index (χ4v) is 3.34. The van der Waals surface area contributed by atoms with Gasteiger partial charge in [0, 0.05) is 24.7 Å². The third-order valence-corrected chi connectivity index (χ3v) is 4.53. The lowest BCUT2D eigenvalue weighted by Gasteiger charge is -2.09. The summed E-state index contributed by atoms with van der Waals surface area (Å²) < 4.78 is 1.95. The number of amides is 1. The highest BCUT2D eigenvalue weighted by atomic mass is 32.1. The number of hydrogen-bond acceptors (Lipinski definition) is 4. The highest BCUT2D eigenvalue weighted by Gasteiger charge is 2.16. The molecule has 24 heavy (non-hydrogen) atoms. The summed E-state index contributed by atoms with van der Waals surface area (Å²) in [6.07, 6.45) is 5.06. The lowest BCUT2D eigenvalue weighted by Crippen LogP contribution is -2.27. The van der Waals surface area contributed by atoms with Crippen molar-refractivity contribution in [3.8, 4) is 21.8 Å². The molecule has 1 N–H and O–H groups in total. The zero-order chi connectivity index (χ0) is 16.8. The summed E-state index contributed by atoms with van der Waals surface area (Å²) in [4.78, 5) is 17.2. The smallest absolute Gasteiger partial charge is 0.220 e. The van der Waals surface area contributed by atoms with E-state index in [0.717, 1.165) is 28.2 Å². The van der Waals surface area contributed by atoms with Gasteiger partial charge in [0.05, 0.1) is 29.0 Å². The summed E-state index contributed by atoms with van der Waals surface area (Å²) in [5.41, 5.74) is 2.97. The number of nitrogens with one attached hydrogen (secondary N) is 1. The standard InChI is InChI=1S/C18H20N4OS/c1-2-6-17(23)20-10-11-22-18(16-8-5-12-24-16)14(13-21-22)15-7-3-4-9-19-15/h3-5,7-9,12-13H,2,6,10-11H2,1H3,(H,20,23). The second-order valence-corrected chi connectivity index (χ2v) is 6.37. The van der Waals surface area contributed by atoms with Gasteiger partial charge in [-0.2, -0.15) is 5.10 Å². The summed E-state index contributed by atoms with van der Waals surface area (Å²) in [5.74, 6) is 0.0901. The second kappa shape index (κ2) is 7.88. The van der Waals surface area contributed by atoms with Crippen LogP contribution in [0.5, 0.6) is 0 Å². The van der Waals surface area contributed by atoms with Gasteiger partial charge in [0.1, 0.15) is 0 Å². The van der Waals surface area contributed by atoms with E-state index in [9.17, 15) is 4.79 Å². The Morgan fingerprint density at radius 1 is 1.29 bits per heavy atom.